The van der Waals surface area contributed by atoms with Gasteiger partial charge in [-0.2, -0.15) is 0 Å². The number of hydrogen-bond donors (Lipinski definition) is 0. The molecule has 4 rings (SSSR count). The predicted octanol–water partition coefficient (Wildman–Crippen LogP) is 8.37. The first-order valence-electron chi connectivity index (χ1n) is 14.4. The Bertz CT molecular complexity index is 1160. The van der Waals surface area contributed by atoms with E-state index in [0.717, 1.165) is 6.42 Å². The summed E-state index contributed by atoms with van der Waals surface area (Å²) in [5, 5.41) is 6.19. The van der Waals surface area contributed by atoms with Crippen molar-refractivity contribution in [1.82, 2.24) is 0 Å². The van der Waals surface area contributed by atoms with E-state index in [2.05, 4.69) is 140 Å². The Hall–Kier alpha value is -2.64. The SMILES string of the molecule is CCC(C)C1=CCC([Si](c2cccc(C(C)C)c2)(c2cccc(C(C)C)c2)c2cccc(C(C)C)c2)=C1. The first-order chi connectivity index (χ1) is 17.7. The molecule has 1 heteroatoms. The lowest BCUT2D eigenvalue weighted by Gasteiger charge is -2.37. The van der Waals surface area contributed by atoms with Crippen LogP contribution >= 0.6 is 0 Å². The number of hydrogen-bond acceptors (Lipinski definition) is 0. The van der Waals surface area contributed by atoms with Crippen LogP contribution in [0.15, 0.2) is 95.7 Å². The molecule has 3 aromatic carbocycles. The van der Waals surface area contributed by atoms with E-state index in [1.165, 1.54) is 44.2 Å². The fourth-order valence-electron chi connectivity index (χ4n) is 5.84. The van der Waals surface area contributed by atoms with Crippen molar-refractivity contribution in [2.24, 2.45) is 5.92 Å². The third-order valence-corrected chi connectivity index (χ3v) is 13.4. The molecule has 37 heavy (non-hydrogen) atoms. The van der Waals surface area contributed by atoms with Gasteiger partial charge in [0.1, 0.15) is 0 Å². The standard InChI is InChI=1S/C36H46Si/c1-9-28(8)32-19-20-36(24-32)37(33-16-10-13-29(21-33)25(2)3,34-17-11-14-30(22-34)26(4)5)35-18-12-15-31(23-35)27(6)7/h10-19,21-28H,9,20H2,1-8H3. The van der Waals surface area contributed by atoms with E-state index in [1.54, 1.807) is 5.20 Å². The molecule has 0 nitrogen and oxygen atoms in total. The second-order valence-corrected chi connectivity index (χ2v) is 15.9. The van der Waals surface area contributed by atoms with Crippen LogP contribution in [0.3, 0.4) is 0 Å². The van der Waals surface area contributed by atoms with Crippen LogP contribution in [0.4, 0.5) is 0 Å². The zero-order chi connectivity index (χ0) is 26.7. The molecule has 0 radical (unpaired) electrons. The van der Waals surface area contributed by atoms with E-state index in [4.69, 9.17) is 0 Å². The molecule has 0 amide bonds. The van der Waals surface area contributed by atoms with Crippen LogP contribution in [0.1, 0.15) is 103 Å². The van der Waals surface area contributed by atoms with Gasteiger partial charge in [0.15, 0.2) is 8.07 Å². The first-order valence-corrected chi connectivity index (χ1v) is 16.4. The van der Waals surface area contributed by atoms with Crippen molar-refractivity contribution in [3.8, 4) is 0 Å². The maximum Gasteiger partial charge on any atom is 0.175 e. The molecule has 194 valence electrons. The summed E-state index contributed by atoms with van der Waals surface area (Å²) in [6.07, 6.45) is 7.36. The average molecular weight is 507 g/mol. The van der Waals surface area contributed by atoms with E-state index in [1.807, 2.05) is 0 Å². The minimum absolute atomic E-state index is 0.502. The third-order valence-electron chi connectivity index (χ3n) is 8.52. The highest BCUT2D eigenvalue weighted by Crippen LogP contribution is 2.33. The van der Waals surface area contributed by atoms with E-state index < -0.39 is 8.07 Å². The zero-order valence-electron chi connectivity index (χ0n) is 24.3. The van der Waals surface area contributed by atoms with Gasteiger partial charge in [0.05, 0.1) is 0 Å². The van der Waals surface area contributed by atoms with Gasteiger partial charge < -0.3 is 0 Å². The molecule has 0 spiro atoms. The molecular weight excluding hydrogens is 460 g/mol. The fraction of sp³-hybridized carbons (Fsp3) is 0.389. The lowest BCUT2D eigenvalue weighted by molar-refractivity contribution is 0.671. The molecule has 0 aliphatic heterocycles. The molecule has 1 aliphatic rings. The topological polar surface area (TPSA) is 0 Å². The normalized spacial score (nSPS) is 14.9. The lowest BCUT2D eigenvalue weighted by Crippen LogP contribution is -2.68. The molecule has 0 heterocycles. The second-order valence-electron chi connectivity index (χ2n) is 12.0. The molecule has 3 aromatic rings. The lowest BCUT2D eigenvalue weighted by atomic mass is 10.0. The number of rotatable bonds is 9. The first kappa shape index (κ1) is 27.4. The Labute approximate surface area is 227 Å². The van der Waals surface area contributed by atoms with E-state index in [9.17, 15) is 0 Å². The molecule has 0 aromatic heterocycles. The molecule has 0 saturated heterocycles. The van der Waals surface area contributed by atoms with Gasteiger partial charge in [0, 0.05) is 0 Å². The smallest absolute Gasteiger partial charge is 0.0773 e. The van der Waals surface area contributed by atoms with Gasteiger partial charge >= 0.3 is 0 Å². The summed E-state index contributed by atoms with van der Waals surface area (Å²) in [7, 11) is -2.51. The van der Waals surface area contributed by atoms with E-state index >= 15 is 0 Å². The minimum Gasteiger partial charge on any atom is -0.0773 e. The zero-order valence-corrected chi connectivity index (χ0v) is 25.3. The monoisotopic (exact) mass is 506 g/mol. The number of allylic oxidation sites excluding steroid dienone is 4. The van der Waals surface area contributed by atoms with Gasteiger partial charge in [-0.15, -0.1) is 0 Å². The summed E-state index contributed by atoms with van der Waals surface area (Å²) < 4.78 is 0. The van der Waals surface area contributed by atoms with Crippen LogP contribution in [0.5, 0.6) is 0 Å². The molecule has 0 saturated carbocycles. The highest BCUT2D eigenvalue weighted by molar-refractivity contribution is 7.16. The van der Waals surface area contributed by atoms with Crippen molar-refractivity contribution in [1.29, 1.82) is 0 Å². The van der Waals surface area contributed by atoms with Gasteiger partial charge in [-0.1, -0.05) is 146 Å². The third kappa shape index (κ3) is 5.34. The Morgan fingerprint density at radius 3 is 1.38 bits per heavy atom. The van der Waals surface area contributed by atoms with Crippen LogP contribution in [0.25, 0.3) is 0 Å². The summed E-state index contributed by atoms with van der Waals surface area (Å²) in [4.78, 5) is 0. The summed E-state index contributed by atoms with van der Waals surface area (Å²) in [6.45, 7) is 18.6. The second kappa shape index (κ2) is 11.4. The fourth-order valence-corrected chi connectivity index (χ4v) is 10.9. The largest absolute Gasteiger partial charge is 0.175 e. The van der Waals surface area contributed by atoms with E-state index in [-0.39, 0.29) is 0 Å². The molecule has 1 aliphatic carbocycles. The average Bonchev–Trinajstić information content (AvgIpc) is 3.40. The number of benzene rings is 3. The molecular formula is C36H46Si. The van der Waals surface area contributed by atoms with Gasteiger partial charge in [-0.05, 0) is 74.3 Å². The predicted molar refractivity (Wildman–Crippen MR) is 166 cm³/mol. The Kier molecular flexibility index (Phi) is 8.44. The van der Waals surface area contributed by atoms with Crippen LogP contribution in [-0.4, -0.2) is 8.07 Å². The van der Waals surface area contributed by atoms with Crippen molar-refractivity contribution in [2.45, 2.75) is 86.0 Å². The maximum atomic E-state index is 2.60. The van der Waals surface area contributed by atoms with Crippen LogP contribution < -0.4 is 15.6 Å². The highest BCUT2D eigenvalue weighted by Gasteiger charge is 2.44. The van der Waals surface area contributed by atoms with Crippen molar-refractivity contribution < 1.29 is 0 Å². The maximum absolute atomic E-state index is 2.60. The Balaban J connectivity index is 2.12. The molecule has 1 unspecified atom stereocenters. The van der Waals surface area contributed by atoms with Gasteiger partial charge in [-0.25, -0.2) is 0 Å². The van der Waals surface area contributed by atoms with Crippen LogP contribution in [0, 0.1) is 5.92 Å². The highest BCUT2D eigenvalue weighted by atomic mass is 28.3. The molecule has 1 atom stereocenters. The molecule has 0 fully saturated rings. The van der Waals surface area contributed by atoms with Crippen molar-refractivity contribution in [2.75, 3.05) is 0 Å². The summed E-state index contributed by atoms with van der Waals surface area (Å²) in [5.41, 5.74) is 5.82. The summed E-state index contributed by atoms with van der Waals surface area (Å²) >= 11 is 0. The van der Waals surface area contributed by atoms with Gasteiger partial charge in [0.2, 0.25) is 0 Å². The van der Waals surface area contributed by atoms with Crippen molar-refractivity contribution in [3.05, 3.63) is 112 Å². The summed E-state index contributed by atoms with van der Waals surface area (Å²) in [5.74, 6) is 2.10. The quantitative estimate of drug-likeness (QED) is 0.202. The molecule has 0 bridgehead atoms. The van der Waals surface area contributed by atoms with Crippen LogP contribution in [0.2, 0.25) is 0 Å². The van der Waals surface area contributed by atoms with Crippen molar-refractivity contribution >= 4 is 23.6 Å². The van der Waals surface area contributed by atoms with E-state index in [0.29, 0.717) is 23.7 Å². The van der Waals surface area contributed by atoms with Crippen LogP contribution in [-0.2, 0) is 0 Å². The molecule has 0 N–H and O–H groups in total. The Morgan fingerprint density at radius 2 is 1.03 bits per heavy atom. The van der Waals surface area contributed by atoms with Gasteiger partial charge in [-0.3, -0.25) is 0 Å². The van der Waals surface area contributed by atoms with Crippen molar-refractivity contribution in [3.63, 3.8) is 0 Å². The minimum atomic E-state index is -2.51. The van der Waals surface area contributed by atoms with Gasteiger partial charge in [0.25, 0.3) is 0 Å². The summed E-state index contributed by atoms with van der Waals surface area (Å²) in [6, 6.07) is 28.8. The Morgan fingerprint density at radius 1 is 0.622 bits per heavy atom.